The van der Waals surface area contributed by atoms with Crippen LogP contribution in [0, 0.1) is 6.92 Å². The first-order valence-corrected chi connectivity index (χ1v) is 10.6. The molecule has 170 valence electrons. The van der Waals surface area contributed by atoms with Gasteiger partial charge in [0.2, 0.25) is 0 Å². The maximum absolute atomic E-state index is 12.5. The second-order valence-corrected chi connectivity index (χ2v) is 7.85. The fourth-order valence-corrected chi connectivity index (χ4v) is 3.95. The predicted molar refractivity (Wildman–Crippen MR) is 114 cm³/mol. The molecule has 0 amide bonds. The molecule has 2 aliphatic rings. The molecule has 0 unspecified atom stereocenters. The average molecular weight is 434 g/mol. The first-order chi connectivity index (χ1) is 14.9. The summed E-state index contributed by atoms with van der Waals surface area (Å²) in [6.45, 7) is 8.35. The van der Waals surface area contributed by atoms with Gasteiger partial charge >= 0.3 is 11.9 Å². The van der Waals surface area contributed by atoms with Gasteiger partial charge < -0.3 is 24.1 Å². The summed E-state index contributed by atoms with van der Waals surface area (Å²) < 4.78 is 22.6. The van der Waals surface area contributed by atoms with E-state index in [1.54, 1.807) is 7.11 Å². The quantitative estimate of drug-likeness (QED) is 0.445. The van der Waals surface area contributed by atoms with Gasteiger partial charge in [0.25, 0.3) is 0 Å². The maximum Gasteiger partial charge on any atom is 0.342 e. The molecule has 3 rings (SSSR count). The molecule has 1 N–H and O–H groups in total. The highest BCUT2D eigenvalue weighted by molar-refractivity contribution is 5.98. The number of cyclic esters (lactones) is 1. The average Bonchev–Trinajstić information content (AvgIpc) is 3.15. The maximum atomic E-state index is 12.5. The highest BCUT2D eigenvalue weighted by Crippen LogP contribution is 2.42. The fraction of sp³-hybridized carbons (Fsp3) is 0.565. The van der Waals surface area contributed by atoms with E-state index in [-0.39, 0.29) is 19.0 Å². The third-order valence-electron chi connectivity index (χ3n) is 5.77. The molecule has 8 heteroatoms. The van der Waals surface area contributed by atoms with Gasteiger partial charge in [-0.15, -0.1) is 0 Å². The van der Waals surface area contributed by atoms with Crippen molar-refractivity contribution < 1.29 is 33.6 Å². The summed E-state index contributed by atoms with van der Waals surface area (Å²) in [5, 5.41) is 8.92. The minimum Gasteiger partial charge on any atom is -0.496 e. The van der Waals surface area contributed by atoms with E-state index in [9.17, 15) is 9.59 Å². The van der Waals surface area contributed by atoms with Crippen LogP contribution in [0.15, 0.2) is 11.6 Å². The van der Waals surface area contributed by atoms with Crippen molar-refractivity contribution in [3.05, 3.63) is 33.9 Å². The number of esters is 1. The summed E-state index contributed by atoms with van der Waals surface area (Å²) in [6, 6.07) is 0. The van der Waals surface area contributed by atoms with Gasteiger partial charge in [-0.05, 0) is 32.3 Å². The minimum atomic E-state index is -0.825. The molecule has 0 spiro atoms. The Morgan fingerprint density at radius 2 is 1.97 bits per heavy atom. The molecule has 2 heterocycles. The summed E-state index contributed by atoms with van der Waals surface area (Å²) >= 11 is 0. The molecular formula is C23H31NO7. The van der Waals surface area contributed by atoms with Crippen molar-refractivity contribution in [1.82, 2.24) is 4.90 Å². The van der Waals surface area contributed by atoms with Crippen LogP contribution in [0.3, 0.4) is 0 Å². The van der Waals surface area contributed by atoms with Crippen LogP contribution >= 0.6 is 0 Å². The third-order valence-corrected chi connectivity index (χ3v) is 5.77. The lowest BCUT2D eigenvalue weighted by Gasteiger charge is -2.27. The van der Waals surface area contributed by atoms with Crippen molar-refractivity contribution in [1.29, 1.82) is 0 Å². The lowest BCUT2D eigenvalue weighted by Crippen LogP contribution is -2.38. The normalized spacial score (nSPS) is 16.7. The second-order valence-electron chi connectivity index (χ2n) is 7.85. The Morgan fingerprint density at radius 3 is 2.65 bits per heavy atom. The van der Waals surface area contributed by atoms with Gasteiger partial charge in [0.05, 0.1) is 20.3 Å². The molecule has 0 radical (unpaired) electrons. The first-order valence-electron chi connectivity index (χ1n) is 10.6. The Balaban J connectivity index is 1.88. The number of carbonyl (C=O) groups is 2. The van der Waals surface area contributed by atoms with Crippen molar-refractivity contribution >= 4 is 11.9 Å². The van der Waals surface area contributed by atoms with Gasteiger partial charge in [0, 0.05) is 37.2 Å². The van der Waals surface area contributed by atoms with Crippen LogP contribution in [0.4, 0.5) is 0 Å². The van der Waals surface area contributed by atoms with Crippen molar-refractivity contribution in [2.45, 2.75) is 39.7 Å². The van der Waals surface area contributed by atoms with E-state index in [1.807, 2.05) is 19.9 Å². The summed E-state index contributed by atoms with van der Waals surface area (Å²) in [6.07, 6.45) is 3.00. The van der Waals surface area contributed by atoms with Crippen LogP contribution in [0.2, 0.25) is 0 Å². The Kier molecular flexibility index (Phi) is 7.92. The molecule has 1 aromatic rings. The van der Waals surface area contributed by atoms with Gasteiger partial charge in [-0.1, -0.05) is 11.6 Å². The first kappa shape index (κ1) is 23.1. The number of aliphatic carboxylic acids is 1. The molecule has 0 bridgehead atoms. The Hall–Kier alpha value is -2.58. The molecule has 1 fully saturated rings. The number of ether oxygens (including phenoxy) is 4. The second kappa shape index (κ2) is 10.6. The molecule has 0 aromatic heterocycles. The lowest BCUT2D eigenvalue weighted by molar-refractivity contribution is -0.136. The number of carboxylic acid groups (broad SMARTS) is 1. The van der Waals surface area contributed by atoms with Crippen molar-refractivity contribution in [3.63, 3.8) is 0 Å². The molecule has 1 aromatic carbocycles. The van der Waals surface area contributed by atoms with Crippen LogP contribution in [0.1, 0.15) is 46.8 Å². The summed E-state index contributed by atoms with van der Waals surface area (Å²) in [5.41, 5.74) is 3.90. The summed E-state index contributed by atoms with van der Waals surface area (Å²) in [7, 11) is 1.61. The molecular weight excluding hydrogens is 402 g/mol. The number of carboxylic acids is 1. The number of hydrogen-bond donors (Lipinski definition) is 1. The van der Waals surface area contributed by atoms with Gasteiger partial charge in [0.15, 0.2) is 0 Å². The zero-order valence-electron chi connectivity index (χ0n) is 18.5. The van der Waals surface area contributed by atoms with Crippen LogP contribution in [-0.2, 0) is 27.3 Å². The van der Waals surface area contributed by atoms with E-state index in [0.717, 1.165) is 41.9 Å². The third kappa shape index (κ3) is 5.57. The minimum absolute atomic E-state index is 0.0813. The summed E-state index contributed by atoms with van der Waals surface area (Å²) in [5.74, 6) is -0.0141. The standard InChI is InChI=1S/C23H31NO7/c1-15(5-7-19(25)26)4-6-17-21(28-3)16(2)18-14-31-23(27)20(18)22(17)30-13-10-24-8-11-29-12-9-24/h4H,5-14H2,1-3H3,(H,25,26). The van der Waals surface area contributed by atoms with E-state index in [1.165, 1.54) is 0 Å². The number of allylic oxidation sites excluding steroid dienone is 2. The van der Waals surface area contributed by atoms with Gasteiger partial charge in [-0.25, -0.2) is 4.79 Å². The molecule has 0 saturated carbocycles. The number of nitrogens with zero attached hydrogens (tertiary/aromatic N) is 1. The number of morpholine rings is 1. The monoisotopic (exact) mass is 433 g/mol. The lowest BCUT2D eigenvalue weighted by atomic mass is 9.94. The number of rotatable bonds is 10. The van der Waals surface area contributed by atoms with Gasteiger partial charge in [-0.2, -0.15) is 0 Å². The Labute approximate surface area is 182 Å². The SMILES string of the molecule is COc1c(C)c2c(c(OCCN3CCOCC3)c1CC=C(C)CCC(=O)O)C(=O)OC2. The zero-order chi connectivity index (χ0) is 22.4. The van der Waals surface area contributed by atoms with E-state index in [4.69, 9.17) is 24.1 Å². The number of benzene rings is 1. The van der Waals surface area contributed by atoms with E-state index < -0.39 is 5.97 Å². The number of hydrogen-bond acceptors (Lipinski definition) is 7. The molecule has 31 heavy (non-hydrogen) atoms. The van der Waals surface area contributed by atoms with Gasteiger partial charge in [-0.3, -0.25) is 9.69 Å². The number of methoxy groups -OCH3 is 1. The Bertz CT molecular complexity index is 856. The largest absolute Gasteiger partial charge is 0.496 e. The van der Waals surface area contributed by atoms with Gasteiger partial charge in [0.1, 0.15) is 30.3 Å². The predicted octanol–water partition coefficient (Wildman–Crippen LogP) is 2.74. The van der Waals surface area contributed by atoms with E-state index >= 15 is 0 Å². The van der Waals surface area contributed by atoms with Crippen molar-refractivity contribution in [2.24, 2.45) is 0 Å². The Morgan fingerprint density at radius 1 is 1.23 bits per heavy atom. The zero-order valence-corrected chi connectivity index (χ0v) is 18.5. The van der Waals surface area contributed by atoms with Crippen LogP contribution in [0.5, 0.6) is 11.5 Å². The number of carbonyl (C=O) groups excluding carboxylic acids is 1. The van der Waals surface area contributed by atoms with E-state index in [0.29, 0.717) is 49.7 Å². The highest BCUT2D eigenvalue weighted by Gasteiger charge is 2.33. The van der Waals surface area contributed by atoms with Crippen molar-refractivity contribution in [2.75, 3.05) is 46.6 Å². The molecule has 2 aliphatic heterocycles. The van der Waals surface area contributed by atoms with Crippen LogP contribution in [0.25, 0.3) is 0 Å². The molecule has 0 atom stereocenters. The smallest absolute Gasteiger partial charge is 0.342 e. The molecule has 8 nitrogen and oxygen atoms in total. The number of fused-ring (bicyclic) bond motifs is 1. The highest BCUT2D eigenvalue weighted by atomic mass is 16.5. The van der Waals surface area contributed by atoms with E-state index in [2.05, 4.69) is 4.90 Å². The topological polar surface area (TPSA) is 94.5 Å². The van der Waals surface area contributed by atoms with Crippen LogP contribution in [-0.4, -0.2) is 68.5 Å². The summed E-state index contributed by atoms with van der Waals surface area (Å²) in [4.78, 5) is 25.6. The fourth-order valence-electron chi connectivity index (χ4n) is 3.95. The van der Waals surface area contributed by atoms with Crippen LogP contribution < -0.4 is 9.47 Å². The molecule has 1 saturated heterocycles. The molecule has 0 aliphatic carbocycles. The van der Waals surface area contributed by atoms with Crippen molar-refractivity contribution in [3.8, 4) is 11.5 Å².